The Balaban J connectivity index is 1.29. The van der Waals surface area contributed by atoms with Crippen molar-refractivity contribution in [3.63, 3.8) is 0 Å². The third-order valence-electron chi connectivity index (χ3n) is 8.85. The molecule has 17 nitrogen and oxygen atoms in total. The number of benzene rings is 1. The minimum atomic E-state index is -3.73. The number of nitrogens with zero attached hydrogens (tertiary/aromatic N) is 5. The molecule has 272 valence electrons. The Morgan fingerprint density at radius 2 is 1.66 bits per heavy atom. The monoisotopic (exact) mass is 716 g/mol. The van der Waals surface area contributed by atoms with Gasteiger partial charge in [0, 0.05) is 51.4 Å². The van der Waals surface area contributed by atoms with E-state index in [0.29, 0.717) is 25.1 Å². The summed E-state index contributed by atoms with van der Waals surface area (Å²) < 4.78 is 38.4. The molecule has 2 aromatic rings. The molecule has 5 amide bonds. The van der Waals surface area contributed by atoms with Gasteiger partial charge in [-0.05, 0) is 51.2 Å². The Bertz CT molecular complexity index is 1660. The molecule has 0 unspecified atom stereocenters. The lowest BCUT2D eigenvalue weighted by atomic mass is 9.93. The maximum atomic E-state index is 13.6. The zero-order valence-electron chi connectivity index (χ0n) is 28.2. The number of carbonyl (C=O) groups is 5. The van der Waals surface area contributed by atoms with Crippen LogP contribution in [0.3, 0.4) is 0 Å². The van der Waals surface area contributed by atoms with Crippen LogP contribution in [0.15, 0.2) is 36.4 Å². The van der Waals surface area contributed by atoms with E-state index in [1.807, 2.05) is 0 Å². The second kappa shape index (κ2) is 16.3. The molecule has 50 heavy (non-hydrogen) atoms. The van der Waals surface area contributed by atoms with E-state index in [2.05, 4.69) is 20.5 Å². The molecule has 1 saturated carbocycles. The maximum absolute atomic E-state index is 13.6. The van der Waals surface area contributed by atoms with Crippen LogP contribution >= 0.6 is 0 Å². The van der Waals surface area contributed by atoms with Crippen molar-refractivity contribution in [2.45, 2.75) is 57.2 Å². The fraction of sp³-hybridized carbons (Fsp3) is 0.562. The van der Waals surface area contributed by atoms with Crippen LogP contribution in [-0.2, 0) is 29.1 Å². The lowest BCUT2D eigenvalue weighted by molar-refractivity contribution is -0.140. The van der Waals surface area contributed by atoms with Crippen LogP contribution in [0.4, 0.5) is 4.79 Å². The first-order chi connectivity index (χ1) is 23.9. The average molecular weight is 717 g/mol. The van der Waals surface area contributed by atoms with Gasteiger partial charge in [-0.15, -0.1) is 0 Å². The summed E-state index contributed by atoms with van der Waals surface area (Å²) in [6, 6.07) is 8.36. The largest absolute Gasteiger partial charge is 0.467 e. The second-order valence-corrected chi connectivity index (χ2v) is 14.3. The summed E-state index contributed by atoms with van der Waals surface area (Å²) in [6.45, 7) is 2.20. The first kappa shape index (κ1) is 36.6. The highest BCUT2D eigenvalue weighted by Crippen LogP contribution is 2.23. The summed E-state index contributed by atoms with van der Waals surface area (Å²) in [4.78, 5) is 69.8. The molecule has 1 aliphatic carbocycles. The summed E-state index contributed by atoms with van der Waals surface area (Å²) >= 11 is 0. The molecule has 2 saturated heterocycles. The molecule has 0 radical (unpaired) electrons. The normalized spacial score (nSPS) is 18.6. The topological polar surface area (TPSA) is 202 Å². The molecule has 3 heterocycles. The number of para-hydroxylation sites is 1. The molecule has 5 rings (SSSR count). The van der Waals surface area contributed by atoms with Crippen LogP contribution in [0, 0.1) is 0 Å². The SMILES string of the molecule is CCOC(=O)N1CCN(C(=O)[C@H](CNS(C)(=O)=O)NC(=O)c2cc(OCC(=O)N3CCC[C@H]3C(=O)NC3CCC3)n(-c3ccccc3)n2)CC1. The first-order valence-electron chi connectivity index (χ1n) is 16.8. The van der Waals surface area contributed by atoms with Gasteiger partial charge in [0.2, 0.25) is 27.7 Å². The van der Waals surface area contributed by atoms with Crippen LogP contribution in [0.5, 0.6) is 5.88 Å². The fourth-order valence-electron chi connectivity index (χ4n) is 5.95. The van der Waals surface area contributed by atoms with Crippen molar-refractivity contribution in [2.24, 2.45) is 0 Å². The van der Waals surface area contributed by atoms with Gasteiger partial charge >= 0.3 is 6.09 Å². The quantitative estimate of drug-likeness (QED) is 0.251. The Morgan fingerprint density at radius 1 is 0.960 bits per heavy atom. The summed E-state index contributed by atoms with van der Waals surface area (Å²) in [5, 5.41) is 10.0. The Kier molecular flexibility index (Phi) is 11.9. The fourth-order valence-corrected chi connectivity index (χ4v) is 6.42. The molecule has 1 aromatic heterocycles. The minimum Gasteiger partial charge on any atom is -0.467 e. The van der Waals surface area contributed by atoms with Crippen LogP contribution in [0.25, 0.3) is 5.69 Å². The standard InChI is InChI=1S/C32H44N8O9S/c1-3-48-32(45)38-17-15-37(16-18-38)31(44)25(20-33-50(2,46)47)35-29(42)24-19-28(40(36-24)23-11-5-4-6-12-23)49-21-27(41)39-14-8-13-26(39)30(43)34-22-9-7-10-22/h4-6,11-12,19,22,25-26,33H,3,7-10,13-18,20-21H2,1-2H3,(H,34,43)(H,35,42)/t25-,26-/m0/s1. The van der Waals surface area contributed by atoms with Crippen molar-refractivity contribution in [3.8, 4) is 11.6 Å². The molecule has 2 aliphatic heterocycles. The maximum Gasteiger partial charge on any atom is 0.409 e. The molecular formula is C32H44N8O9S. The van der Waals surface area contributed by atoms with E-state index >= 15 is 0 Å². The first-order valence-corrected chi connectivity index (χ1v) is 18.7. The van der Waals surface area contributed by atoms with Crippen LogP contribution < -0.4 is 20.1 Å². The van der Waals surface area contributed by atoms with Crippen LogP contribution in [0.1, 0.15) is 49.5 Å². The zero-order chi connectivity index (χ0) is 35.8. The molecule has 3 aliphatic rings. The second-order valence-electron chi connectivity index (χ2n) is 12.4. The number of hydrogen-bond acceptors (Lipinski definition) is 10. The number of ether oxygens (including phenoxy) is 2. The molecule has 0 spiro atoms. The van der Waals surface area contributed by atoms with E-state index in [-0.39, 0.29) is 62.2 Å². The van der Waals surface area contributed by atoms with E-state index in [9.17, 15) is 32.4 Å². The highest BCUT2D eigenvalue weighted by molar-refractivity contribution is 7.88. The highest BCUT2D eigenvalue weighted by Gasteiger charge is 2.36. The van der Waals surface area contributed by atoms with Crippen molar-refractivity contribution in [1.82, 2.24) is 39.8 Å². The summed E-state index contributed by atoms with van der Waals surface area (Å²) in [6.07, 6.45) is 4.64. The number of hydrogen-bond donors (Lipinski definition) is 3. The lowest BCUT2D eigenvalue weighted by Crippen LogP contribution is -2.58. The van der Waals surface area contributed by atoms with Gasteiger partial charge in [0.15, 0.2) is 12.3 Å². The average Bonchev–Trinajstić information content (AvgIpc) is 3.75. The van der Waals surface area contributed by atoms with Crippen molar-refractivity contribution in [1.29, 1.82) is 0 Å². The number of likely N-dealkylation sites (tertiary alicyclic amines) is 1. The smallest absolute Gasteiger partial charge is 0.409 e. The van der Waals surface area contributed by atoms with Gasteiger partial charge in [-0.2, -0.15) is 5.10 Å². The number of piperazine rings is 1. The number of aromatic nitrogens is 2. The van der Waals surface area contributed by atoms with Crippen LogP contribution in [-0.4, -0.2) is 139 Å². The summed E-state index contributed by atoms with van der Waals surface area (Å²) in [5.74, 6) is -1.82. The third-order valence-corrected chi connectivity index (χ3v) is 9.54. The van der Waals surface area contributed by atoms with Gasteiger partial charge in [-0.3, -0.25) is 19.2 Å². The van der Waals surface area contributed by atoms with E-state index in [4.69, 9.17) is 9.47 Å². The van der Waals surface area contributed by atoms with Crippen molar-refractivity contribution in [2.75, 3.05) is 58.7 Å². The van der Waals surface area contributed by atoms with E-state index in [1.54, 1.807) is 37.3 Å². The van der Waals surface area contributed by atoms with Gasteiger partial charge in [0.1, 0.15) is 12.1 Å². The Morgan fingerprint density at radius 3 is 2.30 bits per heavy atom. The van der Waals surface area contributed by atoms with Gasteiger partial charge in [-0.1, -0.05) is 18.2 Å². The number of nitrogens with one attached hydrogen (secondary N) is 3. The molecular weight excluding hydrogens is 672 g/mol. The number of amides is 5. The third kappa shape index (κ3) is 9.29. The van der Waals surface area contributed by atoms with Crippen molar-refractivity contribution >= 4 is 39.7 Å². The Hall–Kier alpha value is -4.71. The summed E-state index contributed by atoms with van der Waals surface area (Å²) in [5.41, 5.74) is 0.373. The van der Waals surface area contributed by atoms with Crippen LogP contribution in [0.2, 0.25) is 0 Å². The van der Waals surface area contributed by atoms with Gasteiger partial charge < -0.3 is 34.8 Å². The molecule has 1 aromatic carbocycles. The van der Waals surface area contributed by atoms with Gasteiger partial charge in [0.25, 0.3) is 11.8 Å². The summed E-state index contributed by atoms with van der Waals surface area (Å²) in [7, 11) is -3.73. The van der Waals surface area contributed by atoms with Gasteiger partial charge in [-0.25, -0.2) is 22.6 Å². The molecule has 2 atom stereocenters. The highest BCUT2D eigenvalue weighted by atomic mass is 32.2. The number of rotatable bonds is 13. The lowest BCUT2D eigenvalue weighted by Gasteiger charge is -2.35. The predicted molar refractivity (Wildman–Crippen MR) is 179 cm³/mol. The van der Waals surface area contributed by atoms with E-state index in [0.717, 1.165) is 25.5 Å². The molecule has 18 heteroatoms. The number of sulfonamides is 1. The molecule has 3 N–H and O–H groups in total. The minimum absolute atomic E-state index is 0.0663. The van der Waals surface area contributed by atoms with Gasteiger partial charge in [0.05, 0.1) is 18.6 Å². The molecule has 0 bridgehead atoms. The molecule has 3 fully saturated rings. The van der Waals surface area contributed by atoms with Crippen molar-refractivity contribution < 1.29 is 41.9 Å². The van der Waals surface area contributed by atoms with E-state index < -0.39 is 53.2 Å². The zero-order valence-corrected chi connectivity index (χ0v) is 29.0. The Labute approximate surface area is 290 Å². The number of carbonyl (C=O) groups excluding carboxylic acids is 5. The van der Waals surface area contributed by atoms with Crippen molar-refractivity contribution in [3.05, 3.63) is 42.1 Å². The van der Waals surface area contributed by atoms with E-state index in [1.165, 1.54) is 25.4 Å². The predicted octanol–water partition coefficient (Wildman–Crippen LogP) is -0.141.